The Kier molecular flexibility index (Phi) is 5.51. The standard InChI is InChI=1S/C18H16F3N3OS/c1-11(12-6-8-13(19)9-7-12)22-16(25)10-24-15-5-3-2-4-14(15)23-18(24)26-17(20)21/h2-9,11,17H,10H2,1H3,(H,22,25). The van der Waals surface area contributed by atoms with Gasteiger partial charge in [-0.25, -0.2) is 9.37 Å². The molecule has 0 aliphatic carbocycles. The number of benzene rings is 2. The molecule has 0 spiro atoms. The Morgan fingerprint density at radius 2 is 1.88 bits per heavy atom. The van der Waals surface area contributed by atoms with Crippen LogP contribution in [-0.4, -0.2) is 21.2 Å². The summed E-state index contributed by atoms with van der Waals surface area (Å²) < 4.78 is 40.1. The van der Waals surface area contributed by atoms with Crippen LogP contribution in [0.25, 0.3) is 11.0 Å². The number of aromatic nitrogens is 2. The first-order chi connectivity index (χ1) is 12.4. The Bertz CT molecular complexity index is 912. The number of amides is 1. The number of hydrogen-bond acceptors (Lipinski definition) is 3. The molecular formula is C18H16F3N3OS. The highest BCUT2D eigenvalue weighted by atomic mass is 32.2. The van der Waals surface area contributed by atoms with Crippen LogP contribution in [0, 0.1) is 5.82 Å². The second-order valence-corrected chi connectivity index (χ2v) is 6.65. The minimum Gasteiger partial charge on any atom is -0.348 e. The predicted molar refractivity (Wildman–Crippen MR) is 94.6 cm³/mol. The van der Waals surface area contributed by atoms with Crippen LogP contribution in [-0.2, 0) is 11.3 Å². The van der Waals surface area contributed by atoms with Crippen molar-refractivity contribution in [3.63, 3.8) is 0 Å². The molecule has 0 fully saturated rings. The van der Waals surface area contributed by atoms with E-state index >= 15 is 0 Å². The normalized spacial score (nSPS) is 12.5. The van der Waals surface area contributed by atoms with Gasteiger partial charge in [0.15, 0.2) is 5.16 Å². The summed E-state index contributed by atoms with van der Waals surface area (Å²) in [4.78, 5) is 16.6. The van der Waals surface area contributed by atoms with Gasteiger partial charge in [-0.15, -0.1) is 0 Å². The number of fused-ring (bicyclic) bond motifs is 1. The van der Waals surface area contributed by atoms with E-state index in [0.717, 1.165) is 5.56 Å². The van der Waals surface area contributed by atoms with Crippen molar-refractivity contribution in [3.05, 3.63) is 59.9 Å². The lowest BCUT2D eigenvalue weighted by Gasteiger charge is -2.15. The first-order valence-corrected chi connectivity index (χ1v) is 8.77. The second kappa shape index (κ2) is 7.82. The van der Waals surface area contributed by atoms with Crippen molar-refractivity contribution in [2.45, 2.75) is 30.4 Å². The Morgan fingerprint density at radius 3 is 2.58 bits per heavy atom. The first-order valence-electron chi connectivity index (χ1n) is 7.89. The third kappa shape index (κ3) is 4.19. The first kappa shape index (κ1) is 18.3. The van der Waals surface area contributed by atoms with Gasteiger partial charge in [0.25, 0.3) is 5.76 Å². The molecule has 3 rings (SSSR count). The molecule has 0 radical (unpaired) electrons. The van der Waals surface area contributed by atoms with Gasteiger partial charge in [0.05, 0.1) is 17.1 Å². The van der Waals surface area contributed by atoms with Crippen LogP contribution in [0.5, 0.6) is 0 Å². The lowest BCUT2D eigenvalue weighted by molar-refractivity contribution is -0.122. The minimum absolute atomic E-state index is 0.0887. The van der Waals surface area contributed by atoms with E-state index in [9.17, 15) is 18.0 Å². The topological polar surface area (TPSA) is 46.9 Å². The monoisotopic (exact) mass is 379 g/mol. The molecule has 1 N–H and O–H groups in total. The Labute approximate surface area is 152 Å². The molecule has 1 atom stereocenters. The number of para-hydroxylation sites is 2. The summed E-state index contributed by atoms with van der Waals surface area (Å²) in [5, 5.41) is 2.88. The lowest BCUT2D eigenvalue weighted by Crippen LogP contribution is -2.30. The fourth-order valence-electron chi connectivity index (χ4n) is 2.64. The number of nitrogens with one attached hydrogen (secondary N) is 1. The molecule has 2 aromatic carbocycles. The lowest BCUT2D eigenvalue weighted by atomic mass is 10.1. The van der Waals surface area contributed by atoms with Crippen LogP contribution in [0.15, 0.2) is 53.7 Å². The number of alkyl halides is 2. The van der Waals surface area contributed by atoms with Gasteiger partial charge >= 0.3 is 0 Å². The maximum atomic E-state index is 13.0. The molecule has 1 aromatic heterocycles. The molecule has 0 bridgehead atoms. The van der Waals surface area contributed by atoms with Gasteiger partial charge in [-0.1, -0.05) is 24.3 Å². The summed E-state index contributed by atoms with van der Waals surface area (Å²) in [6.45, 7) is 1.63. The fourth-order valence-corrected chi connectivity index (χ4v) is 3.24. The van der Waals surface area contributed by atoms with Crippen molar-refractivity contribution in [1.82, 2.24) is 14.9 Å². The van der Waals surface area contributed by atoms with Gasteiger partial charge in [0.1, 0.15) is 12.4 Å². The highest BCUT2D eigenvalue weighted by Crippen LogP contribution is 2.28. The van der Waals surface area contributed by atoms with E-state index in [1.807, 2.05) is 0 Å². The zero-order chi connectivity index (χ0) is 18.7. The molecule has 3 aromatic rings. The van der Waals surface area contributed by atoms with Crippen LogP contribution < -0.4 is 5.32 Å². The van der Waals surface area contributed by atoms with Gasteiger partial charge < -0.3 is 9.88 Å². The number of carbonyl (C=O) groups excluding carboxylic acids is 1. The number of halogens is 3. The SMILES string of the molecule is CC(NC(=O)Cn1c(SC(F)F)nc2ccccc21)c1ccc(F)cc1. The van der Waals surface area contributed by atoms with E-state index in [4.69, 9.17) is 0 Å². The molecule has 1 heterocycles. The van der Waals surface area contributed by atoms with Crippen molar-refractivity contribution in [2.24, 2.45) is 0 Å². The summed E-state index contributed by atoms with van der Waals surface area (Å²) in [6, 6.07) is 12.4. The largest absolute Gasteiger partial charge is 0.348 e. The second-order valence-electron chi connectivity index (χ2n) is 5.69. The molecule has 1 amide bonds. The fraction of sp³-hybridized carbons (Fsp3) is 0.222. The van der Waals surface area contributed by atoms with Crippen molar-refractivity contribution >= 4 is 28.7 Å². The molecule has 4 nitrogen and oxygen atoms in total. The third-order valence-corrected chi connectivity index (χ3v) is 4.56. The molecule has 136 valence electrons. The molecule has 0 aliphatic heterocycles. The van der Waals surface area contributed by atoms with Gasteiger partial charge in [0, 0.05) is 0 Å². The van der Waals surface area contributed by atoms with Crippen molar-refractivity contribution in [3.8, 4) is 0 Å². The Morgan fingerprint density at radius 1 is 1.19 bits per heavy atom. The quantitative estimate of drug-likeness (QED) is 0.647. The van der Waals surface area contributed by atoms with Crippen LogP contribution in [0.3, 0.4) is 0 Å². The number of imidazole rings is 1. The summed E-state index contributed by atoms with van der Waals surface area (Å²) in [7, 11) is 0. The van der Waals surface area contributed by atoms with Gasteiger partial charge in [-0.3, -0.25) is 4.79 Å². The van der Waals surface area contributed by atoms with E-state index in [2.05, 4.69) is 10.3 Å². The Hall–Kier alpha value is -2.48. The molecule has 0 aliphatic rings. The maximum Gasteiger partial charge on any atom is 0.291 e. The average molecular weight is 379 g/mol. The number of rotatable bonds is 6. The highest BCUT2D eigenvalue weighted by Gasteiger charge is 2.18. The third-order valence-electron chi connectivity index (χ3n) is 3.86. The van der Waals surface area contributed by atoms with E-state index in [-0.39, 0.29) is 29.5 Å². The highest BCUT2D eigenvalue weighted by molar-refractivity contribution is 7.99. The number of hydrogen-bond donors (Lipinski definition) is 1. The van der Waals surface area contributed by atoms with Crippen LogP contribution in [0.4, 0.5) is 13.2 Å². The zero-order valence-electron chi connectivity index (χ0n) is 13.8. The van der Waals surface area contributed by atoms with E-state index in [1.54, 1.807) is 43.3 Å². The van der Waals surface area contributed by atoms with Gasteiger partial charge in [-0.2, -0.15) is 8.78 Å². The van der Waals surface area contributed by atoms with Crippen LogP contribution in [0.2, 0.25) is 0 Å². The van der Waals surface area contributed by atoms with Crippen molar-refractivity contribution in [1.29, 1.82) is 0 Å². The maximum absolute atomic E-state index is 13.0. The zero-order valence-corrected chi connectivity index (χ0v) is 14.6. The molecule has 1 unspecified atom stereocenters. The van der Waals surface area contributed by atoms with Gasteiger partial charge in [-0.05, 0) is 48.5 Å². The van der Waals surface area contributed by atoms with Gasteiger partial charge in [0.2, 0.25) is 5.91 Å². The van der Waals surface area contributed by atoms with Crippen LogP contribution in [0.1, 0.15) is 18.5 Å². The molecular weight excluding hydrogens is 363 g/mol. The summed E-state index contributed by atoms with van der Waals surface area (Å²) >= 11 is 0.306. The van der Waals surface area contributed by atoms with Crippen molar-refractivity contribution < 1.29 is 18.0 Å². The summed E-state index contributed by atoms with van der Waals surface area (Å²) in [5.41, 5.74) is 1.91. The van der Waals surface area contributed by atoms with Crippen LogP contribution >= 0.6 is 11.8 Å². The summed E-state index contributed by atoms with van der Waals surface area (Å²) in [5.74, 6) is -3.33. The minimum atomic E-state index is -2.63. The van der Waals surface area contributed by atoms with E-state index < -0.39 is 5.76 Å². The molecule has 8 heteroatoms. The Balaban J connectivity index is 1.79. The molecule has 0 saturated heterocycles. The number of thioether (sulfide) groups is 1. The molecule has 26 heavy (non-hydrogen) atoms. The summed E-state index contributed by atoms with van der Waals surface area (Å²) in [6.07, 6.45) is 0. The van der Waals surface area contributed by atoms with Crippen molar-refractivity contribution in [2.75, 3.05) is 0 Å². The van der Waals surface area contributed by atoms with E-state index in [1.165, 1.54) is 16.7 Å². The predicted octanol–water partition coefficient (Wildman–Crippen LogP) is 4.37. The van der Waals surface area contributed by atoms with E-state index in [0.29, 0.717) is 22.8 Å². The average Bonchev–Trinajstić information content (AvgIpc) is 2.92. The smallest absolute Gasteiger partial charge is 0.291 e. The molecule has 0 saturated carbocycles. The number of nitrogens with zero attached hydrogens (tertiary/aromatic N) is 2. The number of carbonyl (C=O) groups is 1.